The van der Waals surface area contributed by atoms with Gasteiger partial charge in [0.1, 0.15) is 0 Å². The molecule has 1 aliphatic rings. The molecule has 0 unspecified atom stereocenters. The number of sulfonamides is 1. The van der Waals surface area contributed by atoms with Gasteiger partial charge in [-0.25, -0.2) is 17.5 Å². The van der Waals surface area contributed by atoms with Gasteiger partial charge in [-0.2, -0.15) is 0 Å². The number of hydrogen-bond acceptors (Lipinski definition) is 5. The second-order valence-corrected chi connectivity index (χ2v) is 10.7. The zero-order chi connectivity index (χ0) is 24.2. The molecular weight excluding hydrogens is 511 g/mol. The first kappa shape index (κ1) is 25.8. The molecule has 0 aromatic heterocycles. The maximum Gasteiger partial charge on any atom is 0.338 e. The first-order valence-electron chi connectivity index (χ1n) is 10.3. The van der Waals surface area contributed by atoms with Gasteiger partial charge in [0, 0.05) is 34.6 Å². The van der Waals surface area contributed by atoms with Crippen LogP contribution in [0.25, 0.3) is 0 Å². The molecule has 0 radical (unpaired) electrons. The molecule has 3 rings (SSSR count). The van der Waals surface area contributed by atoms with Crippen LogP contribution in [0.5, 0.6) is 0 Å². The van der Waals surface area contributed by atoms with Crippen molar-refractivity contribution in [3.8, 4) is 0 Å². The summed E-state index contributed by atoms with van der Waals surface area (Å²) in [6, 6.07) is 9.35. The van der Waals surface area contributed by atoms with Gasteiger partial charge in [-0.15, -0.1) is 0 Å². The van der Waals surface area contributed by atoms with Crippen LogP contribution < -0.4 is 5.32 Å². The second-order valence-electron chi connectivity index (χ2n) is 7.53. The maximum absolute atomic E-state index is 12.9. The molecule has 1 fully saturated rings. The normalized spacial score (nSPS) is 15.3. The molecule has 1 heterocycles. The molecule has 1 amide bonds. The van der Waals surface area contributed by atoms with Crippen LogP contribution in [0.3, 0.4) is 0 Å². The highest BCUT2D eigenvalue weighted by Crippen LogP contribution is 2.30. The molecule has 7 nitrogen and oxygen atoms in total. The molecule has 0 spiro atoms. The molecule has 1 N–H and O–H groups in total. The monoisotopic (exact) mass is 532 g/mol. The average Bonchev–Trinajstić information content (AvgIpc) is 2.78. The molecule has 1 aliphatic heterocycles. The minimum Gasteiger partial charge on any atom is -0.462 e. The summed E-state index contributed by atoms with van der Waals surface area (Å²) in [6.45, 7) is 2.36. The maximum atomic E-state index is 12.9. The minimum atomic E-state index is -3.65. The topological polar surface area (TPSA) is 92.8 Å². The molecule has 11 heteroatoms. The zero-order valence-corrected chi connectivity index (χ0v) is 20.9. The van der Waals surface area contributed by atoms with Gasteiger partial charge in [-0.05, 0) is 50.1 Å². The predicted molar refractivity (Wildman–Crippen MR) is 129 cm³/mol. The number of esters is 1. The number of anilines is 1. The van der Waals surface area contributed by atoms with Gasteiger partial charge in [0.2, 0.25) is 15.9 Å². The Bertz CT molecular complexity index is 1130. The summed E-state index contributed by atoms with van der Waals surface area (Å²) in [7, 11) is -3.65. The van der Waals surface area contributed by atoms with E-state index in [-0.39, 0.29) is 47.9 Å². The van der Waals surface area contributed by atoms with Gasteiger partial charge in [0.05, 0.1) is 28.6 Å². The number of piperidine rings is 1. The Kier molecular flexibility index (Phi) is 8.64. The quantitative estimate of drug-likeness (QED) is 0.505. The Labute approximate surface area is 208 Å². The van der Waals surface area contributed by atoms with E-state index in [9.17, 15) is 18.0 Å². The van der Waals surface area contributed by atoms with Gasteiger partial charge in [0.15, 0.2) is 0 Å². The summed E-state index contributed by atoms with van der Waals surface area (Å²) in [5.41, 5.74) is 1.02. The molecule has 2 aromatic rings. The lowest BCUT2D eigenvalue weighted by atomic mass is 9.97. The fourth-order valence-electron chi connectivity index (χ4n) is 3.53. The number of nitrogens with zero attached hydrogens (tertiary/aromatic N) is 1. The first-order valence-corrected chi connectivity index (χ1v) is 13.0. The Morgan fingerprint density at radius 2 is 1.70 bits per heavy atom. The van der Waals surface area contributed by atoms with Crippen molar-refractivity contribution in [2.45, 2.75) is 25.5 Å². The van der Waals surface area contributed by atoms with Crippen LogP contribution in [-0.4, -0.2) is 44.3 Å². The van der Waals surface area contributed by atoms with Crippen molar-refractivity contribution < 1.29 is 22.7 Å². The minimum absolute atomic E-state index is 0.206. The van der Waals surface area contributed by atoms with E-state index in [2.05, 4.69) is 5.32 Å². The number of benzene rings is 2. The van der Waals surface area contributed by atoms with E-state index in [0.29, 0.717) is 34.1 Å². The average molecular weight is 534 g/mol. The van der Waals surface area contributed by atoms with Gasteiger partial charge in [0.25, 0.3) is 0 Å². The highest BCUT2D eigenvalue weighted by Gasteiger charge is 2.32. The fourth-order valence-corrected chi connectivity index (χ4v) is 6.08. The van der Waals surface area contributed by atoms with Crippen LogP contribution in [0.4, 0.5) is 5.69 Å². The number of ether oxygens (including phenoxy) is 1. The van der Waals surface area contributed by atoms with E-state index in [0.717, 1.165) is 0 Å². The van der Waals surface area contributed by atoms with Gasteiger partial charge < -0.3 is 10.1 Å². The lowest BCUT2D eigenvalue weighted by Gasteiger charge is -2.30. The molecular formula is C22H23Cl3N2O5S. The molecule has 1 saturated heterocycles. The van der Waals surface area contributed by atoms with E-state index in [1.54, 1.807) is 31.2 Å². The standard InChI is InChI=1S/C22H23Cl3N2O5S/c1-2-32-22(29)15-6-7-20(19(25)12-15)26-21(28)14-8-10-27(11-9-14)33(30,31)13-16-17(23)4-3-5-18(16)24/h3-7,12,14H,2,8-11,13H2,1H3,(H,26,28). The van der Waals surface area contributed by atoms with E-state index in [1.807, 2.05) is 0 Å². The number of carbonyl (C=O) groups excluding carboxylic acids is 2. The van der Waals surface area contributed by atoms with Crippen LogP contribution in [-0.2, 0) is 25.3 Å². The largest absolute Gasteiger partial charge is 0.462 e. The summed E-state index contributed by atoms with van der Waals surface area (Å²) in [4.78, 5) is 24.5. The third-order valence-corrected chi connectivity index (χ3v) is 8.17. The summed E-state index contributed by atoms with van der Waals surface area (Å²) >= 11 is 18.4. The number of carbonyl (C=O) groups is 2. The molecule has 0 bridgehead atoms. The van der Waals surface area contributed by atoms with Crippen molar-refractivity contribution in [2.24, 2.45) is 5.92 Å². The van der Waals surface area contributed by atoms with Crippen LogP contribution in [0.2, 0.25) is 15.1 Å². The summed E-state index contributed by atoms with van der Waals surface area (Å²) in [5, 5.41) is 3.57. The molecule has 2 aromatic carbocycles. The van der Waals surface area contributed by atoms with E-state index >= 15 is 0 Å². The first-order chi connectivity index (χ1) is 15.6. The summed E-state index contributed by atoms with van der Waals surface area (Å²) in [5.74, 6) is -1.43. The highest BCUT2D eigenvalue weighted by molar-refractivity contribution is 7.88. The highest BCUT2D eigenvalue weighted by atomic mass is 35.5. The Balaban J connectivity index is 1.59. The number of halogens is 3. The molecule has 0 aliphatic carbocycles. The molecule has 178 valence electrons. The van der Waals surface area contributed by atoms with E-state index < -0.39 is 16.0 Å². The number of hydrogen-bond donors (Lipinski definition) is 1. The zero-order valence-electron chi connectivity index (χ0n) is 17.8. The molecule has 0 atom stereocenters. The second kappa shape index (κ2) is 11.1. The van der Waals surface area contributed by atoms with Crippen molar-refractivity contribution in [1.82, 2.24) is 4.31 Å². The Morgan fingerprint density at radius 1 is 1.06 bits per heavy atom. The van der Waals surface area contributed by atoms with Gasteiger partial charge in [-0.3, -0.25) is 4.79 Å². The summed E-state index contributed by atoms with van der Waals surface area (Å²) in [6.07, 6.45) is 0.722. The van der Waals surface area contributed by atoms with Crippen molar-refractivity contribution in [2.75, 3.05) is 25.0 Å². The number of rotatable bonds is 7. The SMILES string of the molecule is CCOC(=O)c1ccc(NC(=O)C2CCN(S(=O)(=O)Cc3c(Cl)cccc3Cl)CC2)c(Cl)c1. The molecule has 33 heavy (non-hydrogen) atoms. The predicted octanol–water partition coefficient (Wildman–Crippen LogP) is 5.00. The van der Waals surface area contributed by atoms with E-state index in [4.69, 9.17) is 39.5 Å². The molecule has 0 saturated carbocycles. The smallest absolute Gasteiger partial charge is 0.338 e. The van der Waals surface area contributed by atoms with E-state index in [1.165, 1.54) is 16.4 Å². The number of amides is 1. The Hall–Kier alpha value is -1.84. The van der Waals surface area contributed by atoms with Crippen LogP contribution in [0.1, 0.15) is 35.7 Å². The van der Waals surface area contributed by atoms with Crippen molar-refractivity contribution >= 4 is 62.4 Å². The third-order valence-electron chi connectivity index (χ3n) is 5.34. The van der Waals surface area contributed by atoms with Crippen LogP contribution in [0.15, 0.2) is 36.4 Å². The number of nitrogens with one attached hydrogen (secondary N) is 1. The fraction of sp³-hybridized carbons (Fsp3) is 0.364. The van der Waals surface area contributed by atoms with Crippen molar-refractivity contribution in [1.29, 1.82) is 0 Å². The summed E-state index contributed by atoms with van der Waals surface area (Å²) < 4.78 is 32.0. The van der Waals surface area contributed by atoms with Crippen LogP contribution >= 0.6 is 34.8 Å². The van der Waals surface area contributed by atoms with Crippen molar-refractivity contribution in [3.63, 3.8) is 0 Å². The van der Waals surface area contributed by atoms with Gasteiger partial charge in [-0.1, -0.05) is 40.9 Å². The Morgan fingerprint density at radius 3 is 2.27 bits per heavy atom. The van der Waals surface area contributed by atoms with Crippen molar-refractivity contribution in [3.05, 3.63) is 62.6 Å². The lowest BCUT2D eigenvalue weighted by Crippen LogP contribution is -2.42. The van der Waals surface area contributed by atoms with Gasteiger partial charge >= 0.3 is 5.97 Å². The lowest BCUT2D eigenvalue weighted by molar-refractivity contribution is -0.120. The van der Waals surface area contributed by atoms with Crippen LogP contribution in [0, 0.1) is 5.92 Å². The third kappa shape index (κ3) is 6.39.